The van der Waals surface area contributed by atoms with Crippen molar-refractivity contribution in [2.45, 2.75) is 18.4 Å². The van der Waals surface area contributed by atoms with Crippen molar-refractivity contribution in [2.24, 2.45) is 4.99 Å². The van der Waals surface area contributed by atoms with E-state index in [4.69, 9.17) is 4.99 Å². The zero-order chi connectivity index (χ0) is 38.2. The maximum atomic E-state index is 5.56. The Hall–Kier alpha value is -7.09. The molecule has 1 atom stereocenters. The Labute approximate surface area is 335 Å². The molecule has 1 aliphatic heterocycles. The van der Waals surface area contributed by atoms with E-state index in [1.807, 2.05) is 0 Å². The number of nitrogens with zero attached hydrogens (tertiary/aromatic N) is 1. The molecule has 0 bridgehead atoms. The third-order valence-electron chi connectivity index (χ3n) is 11.8. The van der Waals surface area contributed by atoms with Gasteiger partial charge in [0, 0.05) is 5.56 Å². The summed E-state index contributed by atoms with van der Waals surface area (Å²) in [6, 6.07) is 77.0. The van der Waals surface area contributed by atoms with Gasteiger partial charge < -0.3 is 0 Å². The lowest BCUT2D eigenvalue weighted by Crippen LogP contribution is -2.28. The Morgan fingerprint density at radius 1 is 0.404 bits per heavy atom. The highest BCUT2D eigenvalue weighted by molar-refractivity contribution is 6.17. The van der Waals surface area contributed by atoms with Crippen LogP contribution in [0.3, 0.4) is 0 Å². The third-order valence-corrected chi connectivity index (χ3v) is 11.8. The molecule has 0 saturated carbocycles. The van der Waals surface area contributed by atoms with Crippen LogP contribution in [0.15, 0.2) is 235 Å². The van der Waals surface area contributed by atoms with Gasteiger partial charge in [-0.3, -0.25) is 4.99 Å². The molecule has 1 aliphatic carbocycles. The molecule has 8 aromatic rings. The van der Waals surface area contributed by atoms with Crippen molar-refractivity contribution in [1.29, 1.82) is 0 Å². The molecule has 0 fully saturated rings. The van der Waals surface area contributed by atoms with Crippen molar-refractivity contribution < 1.29 is 0 Å². The van der Waals surface area contributed by atoms with Gasteiger partial charge in [0.2, 0.25) is 0 Å². The number of hydrogen-bond acceptors (Lipinski definition) is 1. The van der Waals surface area contributed by atoms with Crippen LogP contribution in [-0.2, 0) is 5.41 Å². The van der Waals surface area contributed by atoms with Gasteiger partial charge in [-0.25, -0.2) is 0 Å². The minimum Gasteiger partial charge on any atom is -0.272 e. The van der Waals surface area contributed by atoms with E-state index in [0.29, 0.717) is 0 Å². The summed E-state index contributed by atoms with van der Waals surface area (Å²) >= 11 is 0. The van der Waals surface area contributed by atoms with Crippen molar-refractivity contribution in [3.63, 3.8) is 0 Å². The Balaban J connectivity index is 1.07. The number of hydrogen-bond donors (Lipinski definition) is 0. The predicted octanol–water partition coefficient (Wildman–Crippen LogP) is 14.0. The van der Waals surface area contributed by atoms with Crippen LogP contribution in [0.1, 0.15) is 51.9 Å². The molecule has 1 nitrogen and oxygen atoms in total. The first-order chi connectivity index (χ1) is 28.2. The molecule has 270 valence electrons. The summed E-state index contributed by atoms with van der Waals surface area (Å²) in [6.45, 7) is 2.21. The average Bonchev–Trinajstić information content (AvgIpc) is 3.47. The number of aliphatic imine (C=N–C) groups is 1. The Kier molecular flexibility index (Phi) is 8.77. The van der Waals surface area contributed by atoms with Gasteiger partial charge in [0.1, 0.15) is 0 Å². The fourth-order valence-electron chi connectivity index (χ4n) is 9.11. The van der Waals surface area contributed by atoms with Crippen molar-refractivity contribution in [3.05, 3.63) is 269 Å². The standard InChI is InChI=1S/C56H41N/c1-39-49(42-19-8-3-9-20-42)34-36-54(57-55(39)43-31-29-41(30-32-43)40-17-6-2-7-18-40)46-22-16-21-44(37-46)45-33-35-53-51(38-45)50-27-14-15-28-52(50)56(53,47-23-10-4-11-24-47)48-25-12-5-13-26-48/h2-38,54H,1H3. The fraction of sp³-hybridized carbons (Fsp3) is 0.0536. The number of allylic oxidation sites excluding steroid dienone is 3. The first-order valence-corrected chi connectivity index (χ1v) is 19.8. The lowest BCUT2D eigenvalue weighted by Gasteiger charge is -2.33. The third kappa shape index (κ3) is 6.00. The summed E-state index contributed by atoms with van der Waals surface area (Å²) in [7, 11) is 0. The van der Waals surface area contributed by atoms with Crippen LogP contribution in [0.4, 0.5) is 0 Å². The lowest BCUT2D eigenvalue weighted by atomic mass is 9.67. The summed E-state index contributed by atoms with van der Waals surface area (Å²) in [6.07, 6.45) is 4.54. The summed E-state index contributed by atoms with van der Waals surface area (Å²) < 4.78 is 0. The zero-order valence-electron chi connectivity index (χ0n) is 31.9. The van der Waals surface area contributed by atoms with Gasteiger partial charge in [-0.1, -0.05) is 212 Å². The van der Waals surface area contributed by atoms with E-state index in [-0.39, 0.29) is 6.04 Å². The van der Waals surface area contributed by atoms with Gasteiger partial charge in [-0.2, -0.15) is 0 Å². The number of fused-ring (bicyclic) bond motifs is 3. The van der Waals surface area contributed by atoms with Gasteiger partial charge >= 0.3 is 0 Å². The van der Waals surface area contributed by atoms with Crippen LogP contribution in [-0.4, -0.2) is 5.71 Å². The Morgan fingerprint density at radius 2 is 0.912 bits per heavy atom. The molecule has 8 aromatic carbocycles. The van der Waals surface area contributed by atoms with E-state index in [1.54, 1.807) is 0 Å². The van der Waals surface area contributed by atoms with Gasteiger partial charge in [0.25, 0.3) is 0 Å². The van der Waals surface area contributed by atoms with E-state index in [1.165, 1.54) is 72.3 Å². The maximum Gasteiger partial charge on any atom is 0.0941 e. The van der Waals surface area contributed by atoms with E-state index in [0.717, 1.165) is 16.8 Å². The monoisotopic (exact) mass is 727 g/mol. The maximum absolute atomic E-state index is 5.56. The molecule has 0 radical (unpaired) electrons. The topological polar surface area (TPSA) is 12.4 Å². The molecule has 0 N–H and O–H groups in total. The largest absolute Gasteiger partial charge is 0.272 e. The zero-order valence-corrected chi connectivity index (χ0v) is 31.9. The van der Waals surface area contributed by atoms with Crippen molar-refractivity contribution in [2.75, 3.05) is 0 Å². The summed E-state index contributed by atoms with van der Waals surface area (Å²) in [5.74, 6) is 0. The lowest BCUT2D eigenvalue weighted by molar-refractivity contribution is 0.768. The SMILES string of the molecule is CC1=C(c2ccccc2)C=CC(c2cccc(-c3ccc4c(c3)-c3ccccc3C4(c3ccccc3)c3ccccc3)c2)N=C1c1ccc(-c2ccccc2)cc1. The molecule has 2 aliphatic rings. The molecule has 57 heavy (non-hydrogen) atoms. The summed E-state index contributed by atoms with van der Waals surface area (Å²) in [5.41, 5.74) is 19.0. The first-order valence-electron chi connectivity index (χ1n) is 19.8. The first kappa shape index (κ1) is 34.4. The highest BCUT2D eigenvalue weighted by atomic mass is 14.8. The van der Waals surface area contributed by atoms with Crippen LogP contribution in [0.2, 0.25) is 0 Å². The van der Waals surface area contributed by atoms with Crippen LogP contribution in [0.5, 0.6) is 0 Å². The van der Waals surface area contributed by atoms with Crippen molar-refractivity contribution >= 4 is 11.3 Å². The molecule has 0 spiro atoms. The highest BCUT2D eigenvalue weighted by Crippen LogP contribution is 2.56. The molecular formula is C56H41N. The molecule has 10 rings (SSSR count). The van der Waals surface area contributed by atoms with Crippen LogP contribution < -0.4 is 0 Å². The van der Waals surface area contributed by atoms with Crippen LogP contribution in [0, 0.1) is 0 Å². The Bertz CT molecular complexity index is 2770. The molecule has 0 saturated heterocycles. The summed E-state index contributed by atoms with van der Waals surface area (Å²) in [4.78, 5) is 5.56. The smallest absolute Gasteiger partial charge is 0.0941 e. The predicted molar refractivity (Wildman–Crippen MR) is 239 cm³/mol. The second kappa shape index (κ2) is 14.5. The Morgan fingerprint density at radius 3 is 1.60 bits per heavy atom. The van der Waals surface area contributed by atoms with E-state index in [2.05, 4.69) is 231 Å². The second-order valence-electron chi connectivity index (χ2n) is 15.0. The highest BCUT2D eigenvalue weighted by Gasteiger charge is 2.45. The summed E-state index contributed by atoms with van der Waals surface area (Å²) in [5, 5.41) is 0. The molecule has 0 aromatic heterocycles. The van der Waals surface area contributed by atoms with Crippen molar-refractivity contribution in [3.8, 4) is 33.4 Å². The second-order valence-corrected chi connectivity index (χ2v) is 15.0. The molecule has 1 unspecified atom stereocenters. The average molecular weight is 728 g/mol. The molecule has 0 amide bonds. The van der Waals surface area contributed by atoms with Gasteiger partial charge in [-0.05, 0) is 97.0 Å². The quantitative estimate of drug-likeness (QED) is 0.155. The fourth-order valence-corrected chi connectivity index (χ4v) is 9.11. The minimum absolute atomic E-state index is 0.163. The van der Waals surface area contributed by atoms with Gasteiger partial charge in [0.15, 0.2) is 0 Å². The normalized spacial score (nSPS) is 15.4. The molecule has 1 heterocycles. The van der Waals surface area contributed by atoms with E-state index >= 15 is 0 Å². The van der Waals surface area contributed by atoms with Crippen molar-refractivity contribution in [1.82, 2.24) is 0 Å². The van der Waals surface area contributed by atoms with Gasteiger partial charge in [0.05, 0.1) is 17.2 Å². The number of benzene rings is 8. The van der Waals surface area contributed by atoms with Crippen LogP contribution in [0.25, 0.3) is 39.0 Å². The molecular weight excluding hydrogens is 687 g/mol. The molecule has 1 heteroatoms. The minimum atomic E-state index is -0.411. The van der Waals surface area contributed by atoms with E-state index < -0.39 is 5.41 Å². The van der Waals surface area contributed by atoms with Gasteiger partial charge in [-0.15, -0.1) is 0 Å². The van der Waals surface area contributed by atoms with E-state index in [9.17, 15) is 0 Å². The van der Waals surface area contributed by atoms with Crippen LogP contribution >= 0.6 is 0 Å². The number of rotatable bonds is 7.